The van der Waals surface area contributed by atoms with Crippen molar-refractivity contribution < 1.29 is 24.8 Å². The van der Waals surface area contributed by atoms with Crippen LogP contribution in [0.25, 0.3) is 11.1 Å². The summed E-state index contributed by atoms with van der Waals surface area (Å²) in [5, 5.41) is 56.0. The Kier molecular flexibility index (Phi) is 5.95. The van der Waals surface area contributed by atoms with Gasteiger partial charge in [0.25, 0.3) is 17.1 Å². The number of phenols is 1. The summed E-state index contributed by atoms with van der Waals surface area (Å²) < 4.78 is 0. The second-order valence-corrected chi connectivity index (χ2v) is 6.53. The Hall–Kier alpha value is -4.16. The van der Waals surface area contributed by atoms with E-state index in [2.05, 4.69) is 0 Å². The molecule has 1 N–H and O–H groups in total. The minimum Gasteiger partial charge on any atom is -0.502 e. The van der Waals surface area contributed by atoms with Gasteiger partial charge in [-0.3, -0.25) is 40.5 Å². The monoisotopic (exact) mass is 420 g/mol. The molecule has 0 radical (unpaired) electrons. The van der Waals surface area contributed by atoms with Crippen LogP contribution in [0.2, 0.25) is 0 Å². The van der Waals surface area contributed by atoms with Crippen LogP contribution in [0.1, 0.15) is 37.3 Å². The smallest absolute Gasteiger partial charge is 0.317 e. The van der Waals surface area contributed by atoms with E-state index >= 15 is 0 Å². The van der Waals surface area contributed by atoms with Gasteiger partial charge >= 0.3 is 5.69 Å². The molecule has 0 spiro atoms. The number of non-ortho nitro benzene ring substituents is 1. The van der Waals surface area contributed by atoms with Gasteiger partial charge in [0, 0.05) is 11.6 Å². The highest BCUT2D eigenvalue weighted by Gasteiger charge is 2.36. The van der Waals surface area contributed by atoms with Crippen molar-refractivity contribution in [2.24, 2.45) is 0 Å². The molecule has 0 fully saturated rings. The van der Waals surface area contributed by atoms with Gasteiger partial charge in [-0.25, -0.2) is 0 Å². The molecule has 0 aliphatic rings. The van der Waals surface area contributed by atoms with Crippen molar-refractivity contribution in [1.29, 1.82) is 0 Å². The summed E-state index contributed by atoms with van der Waals surface area (Å²) in [6.07, 6.45) is 0.386. The van der Waals surface area contributed by atoms with Crippen LogP contribution in [0.4, 0.5) is 22.7 Å². The molecule has 0 amide bonds. The maximum absolute atomic E-state index is 11.7. The molecule has 30 heavy (non-hydrogen) atoms. The van der Waals surface area contributed by atoms with Crippen LogP contribution in [0.5, 0.6) is 5.75 Å². The first-order chi connectivity index (χ1) is 13.9. The van der Waals surface area contributed by atoms with Crippen LogP contribution >= 0.6 is 0 Å². The minimum absolute atomic E-state index is 0.0813. The van der Waals surface area contributed by atoms with Crippen LogP contribution < -0.4 is 0 Å². The normalized spacial score (nSPS) is 11.7. The molecule has 13 heteroatoms. The number of nitrogens with zero attached hydrogens (tertiary/aromatic N) is 4. The molecule has 0 aliphatic heterocycles. The lowest BCUT2D eigenvalue weighted by atomic mass is 9.85. The van der Waals surface area contributed by atoms with Gasteiger partial charge in [-0.05, 0) is 24.8 Å². The molecule has 0 heterocycles. The quantitative estimate of drug-likeness (QED) is 0.495. The largest absolute Gasteiger partial charge is 0.502 e. The summed E-state index contributed by atoms with van der Waals surface area (Å²) in [7, 11) is 0. The molecule has 0 saturated heterocycles. The van der Waals surface area contributed by atoms with Crippen LogP contribution in [-0.2, 0) is 0 Å². The van der Waals surface area contributed by atoms with Gasteiger partial charge in [-0.15, -0.1) is 0 Å². The van der Waals surface area contributed by atoms with Crippen LogP contribution in [0.15, 0.2) is 18.2 Å². The Labute approximate surface area is 168 Å². The number of benzene rings is 2. The van der Waals surface area contributed by atoms with Crippen molar-refractivity contribution in [3.8, 4) is 16.9 Å². The number of hydrogen-bond acceptors (Lipinski definition) is 9. The van der Waals surface area contributed by atoms with Crippen molar-refractivity contribution in [2.75, 3.05) is 0 Å². The van der Waals surface area contributed by atoms with E-state index in [1.165, 1.54) is 0 Å². The van der Waals surface area contributed by atoms with E-state index in [4.69, 9.17) is 0 Å². The molecule has 0 saturated carbocycles. The molecule has 1 atom stereocenters. The van der Waals surface area contributed by atoms with Gasteiger partial charge in [0.1, 0.15) is 0 Å². The number of aromatic hydroxyl groups is 1. The molecule has 0 aliphatic carbocycles. The van der Waals surface area contributed by atoms with Crippen molar-refractivity contribution in [3.63, 3.8) is 0 Å². The average Bonchev–Trinajstić information content (AvgIpc) is 2.67. The van der Waals surface area contributed by atoms with E-state index in [1.54, 1.807) is 13.8 Å². The summed E-state index contributed by atoms with van der Waals surface area (Å²) >= 11 is 0. The summed E-state index contributed by atoms with van der Waals surface area (Å²) in [6.45, 7) is 4.49. The third-order valence-electron chi connectivity index (χ3n) is 4.83. The molecule has 13 nitrogen and oxygen atoms in total. The Morgan fingerprint density at radius 3 is 1.77 bits per heavy atom. The zero-order chi connectivity index (χ0) is 22.9. The second kappa shape index (κ2) is 8.06. The lowest BCUT2D eigenvalue weighted by Gasteiger charge is -2.17. The Bertz CT molecular complexity index is 1100. The zero-order valence-electron chi connectivity index (χ0n) is 16.0. The van der Waals surface area contributed by atoms with Gasteiger partial charge in [-0.2, -0.15) is 0 Å². The van der Waals surface area contributed by atoms with Crippen LogP contribution in [0, 0.1) is 47.4 Å². The van der Waals surface area contributed by atoms with E-state index in [9.17, 15) is 45.6 Å². The topological polar surface area (TPSA) is 193 Å². The Morgan fingerprint density at radius 2 is 1.33 bits per heavy atom. The summed E-state index contributed by atoms with van der Waals surface area (Å²) in [5.41, 5.74) is -4.06. The summed E-state index contributed by atoms with van der Waals surface area (Å²) in [6, 6.07) is 2.27. The number of phenolic OH excluding ortho intramolecular Hbond substituents is 1. The fourth-order valence-corrected chi connectivity index (χ4v) is 3.14. The zero-order valence-corrected chi connectivity index (χ0v) is 16.0. The Balaban J connectivity index is 3.15. The molecule has 0 aromatic heterocycles. The maximum Gasteiger partial charge on any atom is 0.317 e. The standard InChI is InChI=1S/C17H16N4O9/c1-4-8(2)11-5-10(18(23)24)6-12(19(25)26)16(11)15-9(3)17(22)14(21(29)30)7-13(15)20(27)28/h5-8,22H,4H2,1-3H3. The van der Waals surface area contributed by atoms with Crippen LogP contribution in [0.3, 0.4) is 0 Å². The highest BCUT2D eigenvalue weighted by molar-refractivity contribution is 5.89. The number of nitro groups is 4. The first-order valence-electron chi connectivity index (χ1n) is 8.54. The van der Waals surface area contributed by atoms with Crippen molar-refractivity contribution >= 4 is 22.7 Å². The third-order valence-corrected chi connectivity index (χ3v) is 4.83. The van der Waals surface area contributed by atoms with Gasteiger partial charge in [0.15, 0.2) is 5.75 Å². The molecule has 158 valence electrons. The van der Waals surface area contributed by atoms with Gasteiger partial charge in [0.2, 0.25) is 0 Å². The summed E-state index contributed by atoms with van der Waals surface area (Å²) in [5.74, 6) is -1.38. The fourth-order valence-electron chi connectivity index (χ4n) is 3.14. The van der Waals surface area contributed by atoms with E-state index in [1.807, 2.05) is 0 Å². The first kappa shape index (κ1) is 22.1. The molecule has 1 unspecified atom stereocenters. The maximum atomic E-state index is 11.7. The number of rotatable bonds is 7. The predicted molar refractivity (Wildman–Crippen MR) is 104 cm³/mol. The van der Waals surface area contributed by atoms with Crippen molar-refractivity contribution in [1.82, 2.24) is 0 Å². The molecular formula is C17H16N4O9. The van der Waals surface area contributed by atoms with Crippen molar-refractivity contribution in [2.45, 2.75) is 33.1 Å². The second-order valence-electron chi connectivity index (χ2n) is 6.53. The Morgan fingerprint density at radius 1 is 0.833 bits per heavy atom. The van der Waals surface area contributed by atoms with Gasteiger partial charge in [0.05, 0.1) is 43.0 Å². The number of hydrogen-bond donors (Lipinski definition) is 1. The lowest BCUT2D eigenvalue weighted by molar-refractivity contribution is -0.395. The van der Waals surface area contributed by atoms with Crippen LogP contribution in [-0.4, -0.2) is 24.8 Å². The van der Waals surface area contributed by atoms with Gasteiger partial charge < -0.3 is 5.11 Å². The third kappa shape index (κ3) is 3.72. The summed E-state index contributed by atoms with van der Waals surface area (Å²) in [4.78, 5) is 42.1. The molecule has 2 aromatic carbocycles. The van der Waals surface area contributed by atoms with Gasteiger partial charge in [-0.1, -0.05) is 13.8 Å². The van der Waals surface area contributed by atoms with E-state index in [0.29, 0.717) is 18.6 Å². The highest BCUT2D eigenvalue weighted by Crippen LogP contribution is 2.49. The van der Waals surface area contributed by atoms with E-state index in [-0.39, 0.29) is 16.7 Å². The lowest BCUT2D eigenvalue weighted by Crippen LogP contribution is -2.06. The molecule has 2 aromatic rings. The van der Waals surface area contributed by atoms with E-state index < -0.39 is 59.7 Å². The average molecular weight is 420 g/mol. The van der Waals surface area contributed by atoms with Crippen molar-refractivity contribution in [3.05, 3.63) is 69.8 Å². The molecule has 0 bridgehead atoms. The molecular weight excluding hydrogens is 404 g/mol. The molecule has 2 rings (SSSR count). The number of nitro benzene ring substituents is 4. The van der Waals surface area contributed by atoms with E-state index in [0.717, 1.165) is 13.0 Å². The fraction of sp³-hybridized carbons (Fsp3) is 0.294. The SMILES string of the molecule is CCC(C)c1cc([N+](=O)[O-])cc([N+](=O)[O-])c1-c1c([N+](=O)[O-])cc([N+](=O)[O-])c(O)c1C. The minimum atomic E-state index is -1.01. The first-order valence-corrected chi connectivity index (χ1v) is 8.54. The predicted octanol–water partition coefficient (Wildman–Crippen LogP) is 4.51. The highest BCUT2D eigenvalue weighted by atomic mass is 16.6.